The minimum absolute atomic E-state index is 0.136. The quantitative estimate of drug-likeness (QED) is 0.397. The van der Waals surface area contributed by atoms with Crippen LogP contribution >= 0.6 is 0 Å². The van der Waals surface area contributed by atoms with Gasteiger partial charge in [0.15, 0.2) is 0 Å². The van der Waals surface area contributed by atoms with Crippen LogP contribution in [-0.2, 0) is 4.74 Å². The van der Waals surface area contributed by atoms with Gasteiger partial charge in [0.2, 0.25) is 0 Å². The van der Waals surface area contributed by atoms with Crippen molar-refractivity contribution in [1.82, 2.24) is 0 Å². The number of carbonyl (C=O) groups excluding carboxylic acids is 2. The summed E-state index contributed by atoms with van der Waals surface area (Å²) in [4.78, 5) is 24.9. The minimum atomic E-state index is -0.480. The van der Waals surface area contributed by atoms with Crippen molar-refractivity contribution in [2.75, 3.05) is 25.6 Å². The lowest BCUT2D eigenvalue weighted by Gasteiger charge is -2.12. The van der Waals surface area contributed by atoms with Gasteiger partial charge in [-0.3, -0.25) is 4.79 Å². The molecule has 1 atom stereocenters. The lowest BCUT2D eigenvalue weighted by Crippen LogP contribution is -2.16. The van der Waals surface area contributed by atoms with E-state index in [4.69, 9.17) is 18.9 Å². The van der Waals surface area contributed by atoms with E-state index in [0.29, 0.717) is 40.7 Å². The Kier molecular flexibility index (Phi) is 7.22. The molecule has 0 saturated carbocycles. The number of ether oxygens (including phenoxy) is 4. The lowest BCUT2D eigenvalue weighted by molar-refractivity contribution is 0.0678. The number of benzene rings is 3. The van der Waals surface area contributed by atoms with Gasteiger partial charge >= 0.3 is 5.97 Å². The Morgan fingerprint density at radius 3 is 2.39 bits per heavy atom. The summed E-state index contributed by atoms with van der Waals surface area (Å²) in [6.07, 6.45) is 2.21. The Bertz CT molecular complexity index is 1090. The fourth-order valence-electron chi connectivity index (χ4n) is 3.46. The monoisotopic (exact) mass is 447 g/mol. The molecule has 0 aliphatic carbocycles. The maximum atomic E-state index is 12.5. The third-order valence-corrected chi connectivity index (χ3v) is 5.22. The summed E-state index contributed by atoms with van der Waals surface area (Å²) in [6, 6.07) is 20.3. The summed E-state index contributed by atoms with van der Waals surface area (Å²) >= 11 is 0. The van der Waals surface area contributed by atoms with Gasteiger partial charge < -0.3 is 24.3 Å². The molecule has 1 N–H and O–H groups in total. The van der Waals surface area contributed by atoms with Gasteiger partial charge in [-0.25, -0.2) is 4.79 Å². The Labute approximate surface area is 192 Å². The molecule has 1 aliphatic heterocycles. The van der Waals surface area contributed by atoms with Crippen molar-refractivity contribution < 1.29 is 28.5 Å². The lowest BCUT2D eigenvalue weighted by atomic mass is 10.2. The first-order valence-electron chi connectivity index (χ1n) is 10.7. The van der Waals surface area contributed by atoms with E-state index in [2.05, 4.69) is 5.32 Å². The van der Waals surface area contributed by atoms with Crippen LogP contribution in [0.5, 0.6) is 17.2 Å². The summed E-state index contributed by atoms with van der Waals surface area (Å²) in [5.74, 6) is 0.764. The van der Waals surface area contributed by atoms with Crippen molar-refractivity contribution in [3.8, 4) is 17.2 Å². The van der Waals surface area contributed by atoms with Gasteiger partial charge in [0.05, 0.1) is 24.3 Å². The summed E-state index contributed by atoms with van der Waals surface area (Å²) in [7, 11) is 1.52. The summed E-state index contributed by atoms with van der Waals surface area (Å²) in [6.45, 7) is 1.29. The number of esters is 1. The maximum absolute atomic E-state index is 12.5. The first kappa shape index (κ1) is 22.4. The zero-order valence-electron chi connectivity index (χ0n) is 18.3. The molecule has 7 nitrogen and oxygen atoms in total. The Hall–Kier alpha value is -3.84. The zero-order chi connectivity index (χ0) is 23.0. The molecular formula is C26H25NO6. The topological polar surface area (TPSA) is 83.1 Å². The molecule has 0 bridgehead atoms. The van der Waals surface area contributed by atoms with E-state index < -0.39 is 5.97 Å². The first-order valence-corrected chi connectivity index (χ1v) is 10.7. The fourth-order valence-corrected chi connectivity index (χ4v) is 3.46. The highest BCUT2D eigenvalue weighted by molar-refractivity contribution is 6.06. The van der Waals surface area contributed by atoms with Crippen LogP contribution in [-0.4, -0.2) is 38.3 Å². The number of hydrogen-bond donors (Lipinski definition) is 1. The number of nitrogens with one attached hydrogen (secondary N) is 1. The molecule has 1 amide bonds. The van der Waals surface area contributed by atoms with E-state index in [0.717, 1.165) is 19.4 Å². The van der Waals surface area contributed by atoms with Gasteiger partial charge in [0, 0.05) is 12.3 Å². The van der Waals surface area contributed by atoms with Crippen LogP contribution < -0.4 is 19.5 Å². The van der Waals surface area contributed by atoms with Crippen molar-refractivity contribution >= 4 is 17.6 Å². The van der Waals surface area contributed by atoms with E-state index >= 15 is 0 Å². The number of para-hydroxylation sites is 1. The van der Waals surface area contributed by atoms with Gasteiger partial charge in [0.25, 0.3) is 5.91 Å². The zero-order valence-corrected chi connectivity index (χ0v) is 18.3. The van der Waals surface area contributed by atoms with Crippen LogP contribution in [0.15, 0.2) is 72.8 Å². The van der Waals surface area contributed by atoms with Crippen LogP contribution in [0.4, 0.5) is 5.69 Å². The molecule has 4 rings (SSSR count). The molecule has 0 radical (unpaired) electrons. The molecular weight excluding hydrogens is 422 g/mol. The van der Waals surface area contributed by atoms with E-state index in [1.54, 1.807) is 72.8 Å². The molecule has 0 unspecified atom stereocenters. The molecule has 170 valence electrons. The number of hydrogen-bond acceptors (Lipinski definition) is 6. The SMILES string of the molecule is COc1ccccc1C(=O)Nc1ccc(OC(=O)c2ccc(OC[C@H]3CCCO3)cc2)cc1. The molecule has 0 aromatic heterocycles. The van der Waals surface area contributed by atoms with Crippen LogP contribution in [0, 0.1) is 0 Å². The third-order valence-electron chi connectivity index (χ3n) is 5.22. The predicted molar refractivity (Wildman–Crippen MR) is 123 cm³/mol. The Balaban J connectivity index is 1.31. The van der Waals surface area contributed by atoms with Gasteiger partial charge in [-0.15, -0.1) is 0 Å². The average Bonchev–Trinajstić information content (AvgIpc) is 3.38. The number of anilines is 1. The van der Waals surface area contributed by atoms with Gasteiger partial charge in [0.1, 0.15) is 23.9 Å². The van der Waals surface area contributed by atoms with Crippen LogP contribution in [0.1, 0.15) is 33.6 Å². The van der Waals surface area contributed by atoms with E-state index in [1.165, 1.54) is 7.11 Å². The van der Waals surface area contributed by atoms with Gasteiger partial charge in [-0.1, -0.05) is 12.1 Å². The summed E-state index contributed by atoms with van der Waals surface area (Å²) < 4.78 is 21.9. The highest BCUT2D eigenvalue weighted by Gasteiger charge is 2.16. The molecule has 1 aliphatic rings. The highest BCUT2D eigenvalue weighted by atomic mass is 16.5. The summed E-state index contributed by atoms with van der Waals surface area (Å²) in [5, 5.41) is 2.80. The van der Waals surface area contributed by atoms with Crippen molar-refractivity contribution in [2.24, 2.45) is 0 Å². The maximum Gasteiger partial charge on any atom is 0.343 e. The van der Waals surface area contributed by atoms with E-state index in [1.807, 2.05) is 0 Å². The molecule has 3 aromatic carbocycles. The number of rotatable bonds is 8. The number of amides is 1. The predicted octanol–water partition coefficient (Wildman–Crippen LogP) is 4.72. The van der Waals surface area contributed by atoms with Crippen LogP contribution in [0.25, 0.3) is 0 Å². The standard InChI is InChI=1S/C26H25NO6/c1-30-24-7-3-2-6-23(24)25(28)27-19-10-14-21(15-11-19)33-26(29)18-8-12-20(13-9-18)32-17-22-5-4-16-31-22/h2-3,6-15,22H,4-5,16-17H2,1H3,(H,27,28)/t22-/m1/s1. The van der Waals surface area contributed by atoms with Crippen molar-refractivity contribution in [3.63, 3.8) is 0 Å². The van der Waals surface area contributed by atoms with Crippen molar-refractivity contribution in [3.05, 3.63) is 83.9 Å². The Morgan fingerprint density at radius 1 is 0.970 bits per heavy atom. The second kappa shape index (κ2) is 10.7. The molecule has 1 fully saturated rings. The molecule has 7 heteroatoms. The second-order valence-electron chi connectivity index (χ2n) is 7.54. The molecule has 1 saturated heterocycles. The van der Waals surface area contributed by atoms with Gasteiger partial charge in [-0.05, 0) is 73.5 Å². The number of carbonyl (C=O) groups is 2. The van der Waals surface area contributed by atoms with Crippen molar-refractivity contribution in [1.29, 1.82) is 0 Å². The van der Waals surface area contributed by atoms with E-state index in [9.17, 15) is 9.59 Å². The van der Waals surface area contributed by atoms with Crippen molar-refractivity contribution in [2.45, 2.75) is 18.9 Å². The minimum Gasteiger partial charge on any atom is -0.496 e. The van der Waals surface area contributed by atoms with Crippen LogP contribution in [0.3, 0.4) is 0 Å². The molecule has 3 aromatic rings. The van der Waals surface area contributed by atoms with Gasteiger partial charge in [-0.2, -0.15) is 0 Å². The van der Waals surface area contributed by atoms with E-state index in [-0.39, 0.29) is 12.0 Å². The normalized spacial score (nSPS) is 15.0. The number of methoxy groups -OCH3 is 1. The fraction of sp³-hybridized carbons (Fsp3) is 0.231. The Morgan fingerprint density at radius 2 is 1.70 bits per heavy atom. The molecule has 33 heavy (non-hydrogen) atoms. The van der Waals surface area contributed by atoms with Crippen LogP contribution in [0.2, 0.25) is 0 Å². The second-order valence-corrected chi connectivity index (χ2v) is 7.54. The third kappa shape index (κ3) is 5.90. The first-order chi connectivity index (χ1) is 16.1. The molecule has 0 spiro atoms. The molecule has 1 heterocycles. The largest absolute Gasteiger partial charge is 0.496 e. The smallest absolute Gasteiger partial charge is 0.343 e. The average molecular weight is 447 g/mol. The highest BCUT2D eigenvalue weighted by Crippen LogP contribution is 2.22. The summed E-state index contributed by atoms with van der Waals surface area (Å²) in [5.41, 5.74) is 1.41.